The Labute approximate surface area is 36.8 Å². The average molecular weight is 84.1 g/mol. The van der Waals surface area contributed by atoms with Gasteiger partial charge in [-0.15, -0.1) is 0 Å². The first kappa shape index (κ1) is 3.84. The van der Waals surface area contributed by atoms with Crippen molar-refractivity contribution in [3.63, 3.8) is 0 Å². The Kier molecular flexibility index (Phi) is 1.25. The van der Waals surface area contributed by atoms with E-state index in [2.05, 4.69) is 11.6 Å². The SMILES string of the molecule is [C]1=CCONC1. The normalized spacial score (nSPS) is 21.3. The van der Waals surface area contributed by atoms with Crippen LogP contribution in [0.5, 0.6) is 0 Å². The number of hydrogen-bond donors (Lipinski definition) is 1. The molecule has 1 N–H and O–H groups in total. The molecule has 0 aromatic heterocycles. The van der Waals surface area contributed by atoms with Gasteiger partial charge in [0.05, 0.1) is 6.61 Å². The molecule has 2 nitrogen and oxygen atoms in total. The molecule has 0 fully saturated rings. The summed E-state index contributed by atoms with van der Waals surface area (Å²) in [4.78, 5) is 4.70. The van der Waals surface area contributed by atoms with Gasteiger partial charge in [0.15, 0.2) is 0 Å². The molecule has 33 valence electrons. The van der Waals surface area contributed by atoms with E-state index in [1.165, 1.54) is 0 Å². The zero-order valence-corrected chi connectivity index (χ0v) is 3.40. The minimum absolute atomic E-state index is 0.653. The van der Waals surface area contributed by atoms with E-state index in [0.29, 0.717) is 6.61 Å². The van der Waals surface area contributed by atoms with Crippen molar-refractivity contribution in [2.45, 2.75) is 0 Å². The molecule has 0 bridgehead atoms. The second kappa shape index (κ2) is 1.95. The van der Waals surface area contributed by atoms with Crippen molar-refractivity contribution in [3.05, 3.63) is 12.2 Å². The van der Waals surface area contributed by atoms with Crippen LogP contribution < -0.4 is 5.48 Å². The van der Waals surface area contributed by atoms with Crippen LogP contribution in [0.15, 0.2) is 6.08 Å². The molecule has 1 radical (unpaired) electrons. The maximum absolute atomic E-state index is 4.70. The lowest BCUT2D eigenvalue weighted by atomic mass is 10.5. The maximum atomic E-state index is 4.70. The molecule has 2 heteroatoms. The molecule has 1 aliphatic rings. The molecule has 0 aliphatic carbocycles. The van der Waals surface area contributed by atoms with Gasteiger partial charge < -0.3 is 0 Å². The van der Waals surface area contributed by atoms with Crippen molar-refractivity contribution in [1.82, 2.24) is 5.48 Å². The summed E-state index contributed by atoms with van der Waals surface area (Å²) < 4.78 is 0. The lowest BCUT2D eigenvalue weighted by molar-refractivity contribution is 0.0607. The fraction of sp³-hybridized carbons (Fsp3) is 0.500. The maximum Gasteiger partial charge on any atom is 0.0870 e. The first-order chi connectivity index (χ1) is 3.00. The van der Waals surface area contributed by atoms with Gasteiger partial charge in [-0.05, 0) is 6.08 Å². The number of rotatable bonds is 0. The van der Waals surface area contributed by atoms with Crippen molar-refractivity contribution >= 4 is 0 Å². The topological polar surface area (TPSA) is 21.3 Å². The Morgan fingerprint density at radius 3 is 3.00 bits per heavy atom. The third kappa shape index (κ3) is 0.808. The number of hydroxylamine groups is 1. The van der Waals surface area contributed by atoms with Gasteiger partial charge in [0, 0.05) is 6.54 Å². The van der Waals surface area contributed by atoms with Crippen LogP contribution in [0, 0.1) is 6.08 Å². The molecule has 0 saturated carbocycles. The average Bonchev–Trinajstić information content (AvgIpc) is 1.72. The molecule has 0 atom stereocenters. The summed E-state index contributed by atoms with van der Waals surface area (Å²) in [5.74, 6) is 0. The second-order valence-electron chi connectivity index (χ2n) is 1.04. The van der Waals surface area contributed by atoms with Crippen LogP contribution >= 0.6 is 0 Å². The fourth-order valence-electron chi connectivity index (χ4n) is 0.324. The van der Waals surface area contributed by atoms with Gasteiger partial charge in [-0.25, -0.2) is 0 Å². The van der Waals surface area contributed by atoms with E-state index in [-0.39, 0.29) is 0 Å². The fourth-order valence-corrected chi connectivity index (χ4v) is 0.324. The molecule has 6 heavy (non-hydrogen) atoms. The highest BCUT2D eigenvalue weighted by Gasteiger charge is 1.84. The predicted octanol–water partition coefficient (Wildman–Crippen LogP) is -0.119. The van der Waals surface area contributed by atoms with Crippen molar-refractivity contribution in [1.29, 1.82) is 0 Å². The van der Waals surface area contributed by atoms with Gasteiger partial charge in [0.25, 0.3) is 0 Å². The minimum atomic E-state index is 0.653. The van der Waals surface area contributed by atoms with Gasteiger partial charge in [0.1, 0.15) is 0 Å². The van der Waals surface area contributed by atoms with Gasteiger partial charge in [-0.3, -0.25) is 4.84 Å². The van der Waals surface area contributed by atoms with E-state index in [1.54, 1.807) is 0 Å². The molecular formula is C4H6NO. The van der Waals surface area contributed by atoms with Gasteiger partial charge >= 0.3 is 0 Å². The summed E-state index contributed by atoms with van der Waals surface area (Å²) in [7, 11) is 0. The summed E-state index contributed by atoms with van der Waals surface area (Å²) in [6.07, 6.45) is 4.78. The zero-order valence-electron chi connectivity index (χ0n) is 3.40. The Bertz CT molecular complexity index is 52.6. The minimum Gasteiger partial charge on any atom is -0.297 e. The Morgan fingerprint density at radius 1 is 1.83 bits per heavy atom. The molecule has 1 rings (SSSR count). The van der Waals surface area contributed by atoms with Crippen molar-refractivity contribution in [2.24, 2.45) is 0 Å². The summed E-state index contributed by atoms with van der Waals surface area (Å²) in [6.45, 7) is 1.38. The van der Waals surface area contributed by atoms with Crippen LogP contribution in [0.3, 0.4) is 0 Å². The molecule has 0 spiro atoms. The smallest absolute Gasteiger partial charge is 0.0870 e. The zero-order chi connectivity index (χ0) is 4.24. The van der Waals surface area contributed by atoms with E-state index >= 15 is 0 Å². The second-order valence-corrected chi connectivity index (χ2v) is 1.04. The van der Waals surface area contributed by atoms with Gasteiger partial charge in [0.2, 0.25) is 0 Å². The molecule has 0 aromatic rings. The van der Waals surface area contributed by atoms with Crippen LogP contribution in [-0.4, -0.2) is 13.2 Å². The lowest BCUT2D eigenvalue weighted by Gasteiger charge is -2.02. The van der Waals surface area contributed by atoms with Crippen molar-refractivity contribution in [3.8, 4) is 0 Å². The van der Waals surface area contributed by atoms with E-state index in [1.807, 2.05) is 6.08 Å². The Balaban J connectivity index is 2.26. The van der Waals surface area contributed by atoms with Crippen molar-refractivity contribution in [2.75, 3.05) is 13.2 Å². The summed E-state index contributed by atoms with van der Waals surface area (Å²) in [5, 5.41) is 0. The van der Waals surface area contributed by atoms with E-state index < -0.39 is 0 Å². The molecule has 0 saturated heterocycles. The monoisotopic (exact) mass is 84.0 g/mol. The van der Waals surface area contributed by atoms with Gasteiger partial charge in [-0.1, -0.05) is 6.08 Å². The van der Waals surface area contributed by atoms with Gasteiger partial charge in [-0.2, -0.15) is 5.48 Å². The van der Waals surface area contributed by atoms with E-state index in [0.717, 1.165) is 6.54 Å². The largest absolute Gasteiger partial charge is 0.297 e. The molecule has 1 aliphatic heterocycles. The van der Waals surface area contributed by atoms with E-state index in [9.17, 15) is 0 Å². The van der Waals surface area contributed by atoms with E-state index in [4.69, 9.17) is 4.84 Å². The first-order valence-electron chi connectivity index (χ1n) is 1.90. The first-order valence-corrected chi connectivity index (χ1v) is 1.90. The lowest BCUT2D eigenvalue weighted by Crippen LogP contribution is -2.18. The number of hydrogen-bond acceptors (Lipinski definition) is 2. The standard InChI is InChI=1S/C4H6NO/c1-2-4-6-5-3-1/h2,5H,3-4H2. The highest BCUT2D eigenvalue weighted by molar-refractivity contribution is 4.76. The van der Waals surface area contributed by atoms with Crippen molar-refractivity contribution < 1.29 is 4.84 Å². The summed E-state index contributed by atoms with van der Waals surface area (Å²) >= 11 is 0. The predicted molar refractivity (Wildman–Crippen MR) is 21.8 cm³/mol. The highest BCUT2D eigenvalue weighted by atomic mass is 16.6. The third-order valence-electron chi connectivity index (χ3n) is 0.587. The highest BCUT2D eigenvalue weighted by Crippen LogP contribution is 1.77. The molecule has 0 amide bonds. The molecule has 0 unspecified atom stereocenters. The summed E-state index contributed by atoms with van der Waals surface area (Å²) in [6, 6.07) is 0. The third-order valence-corrected chi connectivity index (χ3v) is 0.587. The van der Waals surface area contributed by atoms with Crippen LogP contribution in [0.4, 0.5) is 0 Å². The van der Waals surface area contributed by atoms with Crippen LogP contribution in [-0.2, 0) is 4.84 Å². The Morgan fingerprint density at radius 2 is 2.83 bits per heavy atom. The summed E-state index contributed by atoms with van der Waals surface area (Å²) in [5.41, 5.74) is 2.64. The van der Waals surface area contributed by atoms with Crippen LogP contribution in [0.2, 0.25) is 0 Å². The molecular weight excluding hydrogens is 78.0 g/mol. The molecule has 1 heterocycles. The Hall–Kier alpha value is -0.340. The number of nitrogens with one attached hydrogen (secondary N) is 1. The quantitative estimate of drug-likeness (QED) is 0.442. The molecule has 0 aromatic carbocycles. The van der Waals surface area contributed by atoms with Crippen LogP contribution in [0.1, 0.15) is 0 Å². The van der Waals surface area contributed by atoms with Crippen LogP contribution in [0.25, 0.3) is 0 Å².